The molecule has 1 amide bonds. The molecule has 0 saturated carbocycles. The number of nitrogens with zero attached hydrogens (tertiary/aromatic N) is 3. The standard InChI is InChI=1S/C23H24N4O3S/c1-3-30-22(29)17-9-10-19(24-15(17)2)21(28)26-23-25-18-11-12-27(14-20(18)31-23)13-16-7-5-4-6-8-16/h4-10H,3,11-14H2,1-2H3,(H,25,26,28). The van der Waals surface area contributed by atoms with Crippen molar-refractivity contribution in [3.63, 3.8) is 0 Å². The van der Waals surface area contributed by atoms with Gasteiger partial charge in [0, 0.05) is 30.9 Å². The fourth-order valence-electron chi connectivity index (χ4n) is 3.55. The van der Waals surface area contributed by atoms with Crippen molar-refractivity contribution in [1.82, 2.24) is 14.9 Å². The Morgan fingerprint density at radius 1 is 1.16 bits per heavy atom. The van der Waals surface area contributed by atoms with E-state index in [2.05, 4.69) is 44.5 Å². The molecule has 8 heteroatoms. The molecule has 0 unspecified atom stereocenters. The molecule has 3 aromatic rings. The molecule has 1 aliphatic heterocycles. The summed E-state index contributed by atoms with van der Waals surface area (Å²) in [6.45, 7) is 6.38. The molecule has 0 fully saturated rings. The number of aryl methyl sites for hydroxylation is 1. The second-order valence-corrected chi connectivity index (χ2v) is 8.42. The average Bonchev–Trinajstić information content (AvgIpc) is 3.16. The molecule has 0 spiro atoms. The number of thiazole rings is 1. The molecular weight excluding hydrogens is 412 g/mol. The molecule has 2 aromatic heterocycles. The van der Waals surface area contributed by atoms with Crippen molar-refractivity contribution < 1.29 is 14.3 Å². The summed E-state index contributed by atoms with van der Waals surface area (Å²) in [5, 5.41) is 3.43. The number of rotatable bonds is 6. The van der Waals surface area contributed by atoms with Crippen LogP contribution in [0.15, 0.2) is 42.5 Å². The highest BCUT2D eigenvalue weighted by Gasteiger charge is 2.22. The van der Waals surface area contributed by atoms with Crippen LogP contribution in [0.5, 0.6) is 0 Å². The van der Waals surface area contributed by atoms with Crippen LogP contribution in [-0.4, -0.2) is 39.9 Å². The number of fused-ring (bicyclic) bond motifs is 1. The van der Waals surface area contributed by atoms with Crippen LogP contribution >= 0.6 is 11.3 Å². The molecule has 0 bridgehead atoms. The monoisotopic (exact) mass is 436 g/mol. The molecule has 0 atom stereocenters. The first-order valence-corrected chi connectivity index (χ1v) is 11.1. The number of aromatic nitrogens is 2. The second kappa shape index (κ2) is 9.36. The third-order valence-electron chi connectivity index (χ3n) is 5.09. The lowest BCUT2D eigenvalue weighted by Crippen LogP contribution is -2.29. The Morgan fingerprint density at radius 3 is 2.71 bits per heavy atom. The van der Waals surface area contributed by atoms with E-state index in [4.69, 9.17) is 4.74 Å². The number of benzene rings is 1. The maximum Gasteiger partial charge on any atom is 0.339 e. The molecule has 31 heavy (non-hydrogen) atoms. The number of hydrogen-bond acceptors (Lipinski definition) is 7. The minimum absolute atomic E-state index is 0.240. The van der Waals surface area contributed by atoms with Crippen LogP contribution in [0.2, 0.25) is 0 Å². The van der Waals surface area contributed by atoms with Crippen molar-refractivity contribution >= 4 is 28.3 Å². The van der Waals surface area contributed by atoms with Gasteiger partial charge in [0.25, 0.3) is 5.91 Å². The number of carbonyl (C=O) groups is 2. The van der Waals surface area contributed by atoms with Crippen LogP contribution < -0.4 is 5.32 Å². The number of pyridine rings is 1. The fourth-order valence-corrected chi connectivity index (χ4v) is 4.60. The number of esters is 1. The first kappa shape index (κ1) is 21.1. The quantitative estimate of drug-likeness (QED) is 0.591. The van der Waals surface area contributed by atoms with Gasteiger partial charge in [-0.05, 0) is 31.5 Å². The maximum atomic E-state index is 12.7. The number of hydrogen-bond donors (Lipinski definition) is 1. The van der Waals surface area contributed by atoms with Crippen LogP contribution in [0.1, 0.15) is 49.6 Å². The van der Waals surface area contributed by atoms with Crippen molar-refractivity contribution in [2.45, 2.75) is 33.4 Å². The van der Waals surface area contributed by atoms with Gasteiger partial charge in [-0.2, -0.15) is 0 Å². The van der Waals surface area contributed by atoms with Gasteiger partial charge in [-0.25, -0.2) is 14.8 Å². The van der Waals surface area contributed by atoms with Crippen molar-refractivity contribution in [3.8, 4) is 0 Å². The van der Waals surface area contributed by atoms with Crippen molar-refractivity contribution in [3.05, 3.63) is 75.6 Å². The summed E-state index contributed by atoms with van der Waals surface area (Å²) in [4.78, 5) is 37.0. The highest BCUT2D eigenvalue weighted by molar-refractivity contribution is 7.15. The molecule has 160 valence electrons. The molecule has 1 N–H and O–H groups in total. The highest BCUT2D eigenvalue weighted by atomic mass is 32.1. The molecule has 0 aliphatic carbocycles. The van der Waals surface area contributed by atoms with Crippen LogP contribution in [-0.2, 0) is 24.2 Å². The molecular formula is C23H24N4O3S. The van der Waals surface area contributed by atoms with E-state index in [-0.39, 0.29) is 18.2 Å². The smallest absolute Gasteiger partial charge is 0.339 e. The lowest BCUT2D eigenvalue weighted by atomic mass is 10.1. The van der Waals surface area contributed by atoms with Crippen LogP contribution in [0.4, 0.5) is 5.13 Å². The zero-order valence-corrected chi connectivity index (χ0v) is 18.4. The minimum Gasteiger partial charge on any atom is -0.462 e. The number of amides is 1. The second-order valence-electron chi connectivity index (χ2n) is 7.34. The van der Waals surface area contributed by atoms with E-state index in [0.717, 1.165) is 31.7 Å². The fraction of sp³-hybridized carbons (Fsp3) is 0.304. The third kappa shape index (κ3) is 4.98. The Labute approximate surface area is 185 Å². The predicted octanol–water partition coefficient (Wildman–Crippen LogP) is 3.83. The van der Waals surface area contributed by atoms with E-state index in [9.17, 15) is 9.59 Å². The van der Waals surface area contributed by atoms with Crippen LogP contribution in [0, 0.1) is 6.92 Å². The minimum atomic E-state index is -0.438. The summed E-state index contributed by atoms with van der Waals surface area (Å²) in [7, 11) is 0. The van der Waals surface area contributed by atoms with Gasteiger partial charge >= 0.3 is 5.97 Å². The van der Waals surface area contributed by atoms with Crippen molar-refractivity contribution in [1.29, 1.82) is 0 Å². The molecule has 7 nitrogen and oxygen atoms in total. The summed E-state index contributed by atoms with van der Waals surface area (Å²) < 4.78 is 5.01. The molecule has 1 aromatic carbocycles. The van der Waals surface area contributed by atoms with Gasteiger partial charge in [0.05, 0.1) is 23.6 Å². The van der Waals surface area contributed by atoms with E-state index in [0.29, 0.717) is 16.4 Å². The van der Waals surface area contributed by atoms with Gasteiger partial charge < -0.3 is 4.74 Å². The SMILES string of the molecule is CCOC(=O)c1ccc(C(=O)Nc2nc3c(s2)CN(Cc2ccccc2)CC3)nc1C. The van der Waals surface area contributed by atoms with Gasteiger partial charge in [0.1, 0.15) is 5.69 Å². The Bertz CT molecular complexity index is 1100. The summed E-state index contributed by atoms with van der Waals surface area (Å²) in [6, 6.07) is 13.5. The summed E-state index contributed by atoms with van der Waals surface area (Å²) in [5.74, 6) is -0.780. The lowest BCUT2D eigenvalue weighted by Gasteiger charge is -2.25. The zero-order valence-electron chi connectivity index (χ0n) is 17.6. The molecule has 0 radical (unpaired) electrons. The molecule has 1 aliphatic rings. The van der Waals surface area contributed by atoms with Gasteiger partial charge in [0.2, 0.25) is 0 Å². The van der Waals surface area contributed by atoms with Gasteiger partial charge in [-0.15, -0.1) is 11.3 Å². The summed E-state index contributed by atoms with van der Waals surface area (Å²) in [5.41, 5.74) is 3.40. The number of anilines is 1. The van der Waals surface area contributed by atoms with Gasteiger partial charge in [-0.3, -0.25) is 15.0 Å². The predicted molar refractivity (Wildman–Crippen MR) is 119 cm³/mol. The normalized spacial score (nSPS) is 13.5. The largest absolute Gasteiger partial charge is 0.462 e. The first-order chi connectivity index (χ1) is 15.0. The summed E-state index contributed by atoms with van der Waals surface area (Å²) in [6.07, 6.45) is 0.861. The maximum absolute atomic E-state index is 12.7. The van der Waals surface area contributed by atoms with E-state index in [1.54, 1.807) is 19.9 Å². The zero-order chi connectivity index (χ0) is 21.8. The topological polar surface area (TPSA) is 84.4 Å². The van der Waals surface area contributed by atoms with E-state index in [1.807, 2.05) is 6.07 Å². The van der Waals surface area contributed by atoms with Crippen LogP contribution in [0.3, 0.4) is 0 Å². The number of carbonyl (C=O) groups excluding carboxylic acids is 2. The Kier molecular flexibility index (Phi) is 6.39. The lowest BCUT2D eigenvalue weighted by molar-refractivity contribution is 0.0524. The summed E-state index contributed by atoms with van der Waals surface area (Å²) >= 11 is 1.50. The highest BCUT2D eigenvalue weighted by Crippen LogP contribution is 2.29. The van der Waals surface area contributed by atoms with Crippen molar-refractivity contribution in [2.75, 3.05) is 18.5 Å². The van der Waals surface area contributed by atoms with Gasteiger partial charge in [-0.1, -0.05) is 30.3 Å². The average molecular weight is 437 g/mol. The first-order valence-electron chi connectivity index (χ1n) is 10.2. The van der Waals surface area contributed by atoms with Crippen molar-refractivity contribution in [2.24, 2.45) is 0 Å². The van der Waals surface area contributed by atoms with E-state index < -0.39 is 5.97 Å². The van der Waals surface area contributed by atoms with Crippen LogP contribution in [0.25, 0.3) is 0 Å². The Morgan fingerprint density at radius 2 is 1.97 bits per heavy atom. The number of ether oxygens (including phenoxy) is 1. The third-order valence-corrected chi connectivity index (χ3v) is 6.09. The van der Waals surface area contributed by atoms with E-state index in [1.165, 1.54) is 27.8 Å². The molecule has 0 saturated heterocycles. The Hall–Kier alpha value is -3.10. The van der Waals surface area contributed by atoms with Gasteiger partial charge in [0.15, 0.2) is 5.13 Å². The Balaban J connectivity index is 1.41. The molecule has 3 heterocycles. The number of nitrogens with one attached hydrogen (secondary N) is 1. The molecule has 4 rings (SSSR count). The van der Waals surface area contributed by atoms with E-state index >= 15 is 0 Å².